The second-order valence-corrected chi connectivity index (χ2v) is 6.25. The van der Waals surface area contributed by atoms with Gasteiger partial charge in [-0.3, -0.25) is 10.00 Å². The average molecular weight is 275 g/mol. The van der Waals surface area contributed by atoms with Crippen LogP contribution in [0.4, 0.5) is 0 Å². The van der Waals surface area contributed by atoms with Crippen molar-refractivity contribution in [2.24, 2.45) is 0 Å². The normalized spacial score (nSPS) is 17.4. The minimum absolute atomic E-state index is 0.557. The number of fused-ring (bicyclic) bond motifs is 1. The lowest BCUT2D eigenvalue weighted by Gasteiger charge is -2.27. The van der Waals surface area contributed by atoms with Crippen LogP contribution in [0.3, 0.4) is 0 Å². The lowest BCUT2D eigenvalue weighted by atomic mass is 9.96. The van der Waals surface area contributed by atoms with Crippen LogP contribution in [0.25, 0.3) is 0 Å². The Morgan fingerprint density at radius 3 is 3.16 bits per heavy atom. The van der Waals surface area contributed by atoms with Crippen LogP contribution in [0, 0.1) is 0 Å². The number of aromatic nitrogens is 2. The summed E-state index contributed by atoms with van der Waals surface area (Å²) in [6.07, 6.45) is 2.25. The van der Waals surface area contributed by atoms with Crippen molar-refractivity contribution in [3.05, 3.63) is 39.3 Å². The Bertz CT molecular complexity index is 530. The van der Waals surface area contributed by atoms with Crippen molar-refractivity contribution >= 4 is 11.3 Å². The summed E-state index contributed by atoms with van der Waals surface area (Å²) in [5.74, 6) is 0.557. The Labute approximate surface area is 118 Å². The SMILES string of the molecule is CCC(C)c1n[nH]c2c1CN(Cc1ccsc1)CC2. The molecule has 1 aliphatic rings. The summed E-state index contributed by atoms with van der Waals surface area (Å²) in [5.41, 5.74) is 5.53. The minimum atomic E-state index is 0.557. The van der Waals surface area contributed by atoms with Gasteiger partial charge in [-0.25, -0.2) is 0 Å². The van der Waals surface area contributed by atoms with Crippen LogP contribution in [0.1, 0.15) is 48.7 Å². The van der Waals surface area contributed by atoms with Gasteiger partial charge < -0.3 is 0 Å². The van der Waals surface area contributed by atoms with Crippen LogP contribution in [0.2, 0.25) is 0 Å². The number of hydrogen-bond donors (Lipinski definition) is 1. The van der Waals surface area contributed by atoms with Gasteiger partial charge >= 0.3 is 0 Å². The molecule has 1 aliphatic heterocycles. The summed E-state index contributed by atoms with van der Waals surface area (Å²) in [5, 5.41) is 12.2. The Hall–Kier alpha value is -1.13. The molecule has 0 spiro atoms. The van der Waals surface area contributed by atoms with E-state index in [1.54, 1.807) is 11.3 Å². The zero-order valence-corrected chi connectivity index (χ0v) is 12.5. The first-order chi connectivity index (χ1) is 9.28. The molecule has 102 valence electrons. The lowest BCUT2D eigenvalue weighted by Crippen LogP contribution is -2.30. The molecule has 1 N–H and O–H groups in total. The van der Waals surface area contributed by atoms with Crippen molar-refractivity contribution in [1.82, 2.24) is 15.1 Å². The number of nitrogens with one attached hydrogen (secondary N) is 1. The Morgan fingerprint density at radius 2 is 2.42 bits per heavy atom. The monoisotopic (exact) mass is 275 g/mol. The highest BCUT2D eigenvalue weighted by molar-refractivity contribution is 7.07. The van der Waals surface area contributed by atoms with Crippen LogP contribution in [-0.2, 0) is 19.5 Å². The molecule has 2 aromatic rings. The molecule has 0 aromatic carbocycles. The van der Waals surface area contributed by atoms with E-state index in [1.165, 1.54) is 22.5 Å². The molecular formula is C15H21N3S. The van der Waals surface area contributed by atoms with Gasteiger partial charge in [-0.2, -0.15) is 16.4 Å². The van der Waals surface area contributed by atoms with Gasteiger partial charge in [0.15, 0.2) is 0 Å². The predicted octanol–water partition coefficient (Wildman–Crippen LogP) is 3.54. The number of H-pyrrole nitrogens is 1. The first kappa shape index (κ1) is 12.9. The van der Waals surface area contributed by atoms with Crippen molar-refractivity contribution in [1.29, 1.82) is 0 Å². The fourth-order valence-corrected chi connectivity index (χ4v) is 3.41. The van der Waals surface area contributed by atoms with Gasteiger partial charge in [0, 0.05) is 43.2 Å². The highest BCUT2D eigenvalue weighted by atomic mass is 32.1. The van der Waals surface area contributed by atoms with E-state index >= 15 is 0 Å². The molecular weight excluding hydrogens is 254 g/mol. The first-order valence-corrected chi connectivity index (χ1v) is 8.01. The van der Waals surface area contributed by atoms with Gasteiger partial charge in [-0.1, -0.05) is 13.8 Å². The largest absolute Gasteiger partial charge is 0.294 e. The van der Waals surface area contributed by atoms with Crippen molar-refractivity contribution < 1.29 is 0 Å². The minimum Gasteiger partial charge on any atom is -0.294 e. The van der Waals surface area contributed by atoms with E-state index < -0.39 is 0 Å². The molecule has 1 unspecified atom stereocenters. The average Bonchev–Trinajstić information content (AvgIpc) is 3.06. The summed E-state index contributed by atoms with van der Waals surface area (Å²) in [6, 6.07) is 2.23. The molecule has 0 saturated carbocycles. The van der Waals surface area contributed by atoms with Crippen molar-refractivity contribution in [2.45, 2.75) is 45.7 Å². The molecule has 3 rings (SSSR count). The smallest absolute Gasteiger partial charge is 0.0698 e. The third kappa shape index (κ3) is 2.60. The van der Waals surface area contributed by atoms with Gasteiger partial charge in [-0.15, -0.1) is 0 Å². The number of thiophene rings is 1. The Balaban J connectivity index is 1.76. The first-order valence-electron chi connectivity index (χ1n) is 7.07. The molecule has 19 heavy (non-hydrogen) atoms. The topological polar surface area (TPSA) is 31.9 Å². The van der Waals surface area contributed by atoms with Crippen LogP contribution in [-0.4, -0.2) is 21.6 Å². The lowest BCUT2D eigenvalue weighted by molar-refractivity contribution is 0.244. The molecule has 2 aromatic heterocycles. The van der Waals surface area contributed by atoms with E-state index in [9.17, 15) is 0 Å². The molecule has 0 amide bonds. The molecule has 0 saturated heterocycles. The highest BCUT2D eigenvalue weighted by Crippen LogP contribution is 2.28. The van der Waals surface area contributed by atoms with Crippen LogP contribution < -0.4 is 0 Å². The van der Waals surface area contributed by atoms with Crippen molar-refractivity contribution in [2.75, 3.05) is 6.54 Å². The van der Waals surface area contributed by atoms with E-state index in [0.717, 1.165) is 32.5 Å². The molecule has 3 nitrogen and oxygen atoms in total. The third-order valence-electron chi connectivity index (χ3n) is 4.11. The molecule has 4 heteroatoms. The maximum atomic E-state index is 4.55. The van der Waals surface area contributed by atoms with Crippen molar-refractivity contribution in [3.8, 4) is 0 Å². The zero-order valence-electron chi connectivity index (χ0n) is 11.6. The van der Waals surface area contributed by atoms with Crippen molar-refractivity contribution in [3.63, 3.8) is 0 Å². The fourth-order valence-electron chi connectivity index (χ4n) is 2.75. The quantitative estimate of drug-likeness (QED) is 0.925. The second kappa shape index (κ2) is 5.47. The number of rotatable bonds is 4. The molecule has 0 bridgehead atoms. The van der Waals surface area contributed by atoms with Gasteiger partial charge in [0.2, 0.25) is 0 Å². The number of nitrogens with zero attached hydrogens (tertiary/aromatic N) is 2. The van der Waals surface area contributed by atoms with E-state index in [4.69, 9.17) is 0 Å². The Kier molecular flexibility index (Phi) is 3.71. The van der Waals surface area contributed by atoms with Gasteiger partial charge in [0.05, 0.1) is 5.69 Å². The summed E-state index contributed by atoms with van der Waals surface area (Å²) in [7, 11) is 0. The standard InChI is InChI=1S/C15H21N3S/c1-3-11(2)15-13-9-18(6-4-14(13)16-17-15)8-12-5-7-19-10-12/h5,7,10-11H,3-4,6,8-9H2,1-2H3,(H,16,17). The maximum absolute atomic E-state index is 4.55. The Morgan fingerprint density at radius 1 is 1.53 bits per heavy atom. The molecule has 3 heterocycles. The third-order valence-corrected chi connectivity index (χ3v) is 4.84. The molecule has 1 atom stereocenters. The van der Waals surface area contributed by atoms with Crippen LogP contribution in [0.5, 0.6) is 0 Å². The summed E-state index contributed by atoms with van der Waals surface area (Å²) in [6.45, 7) is 7.74. The van der Waals surface area contributed by atoms with Gasteiger partial charge in [0.1, 0.15) is 0 Å². The van der Waals surface area contributed by atoms with E-state index in [1.807, 2.05) is 0 Å². The maximum Gasteiger partial charge on any atom is 0.0698 e. The van der Waals surface area contributed by atoms with E-state index in [2.05, 4.69) is 45.8 Å². The summed E-state index contributed by atoms with van der Waals surface area (Å²) >= 11 is 1.78. The molecule has 0 fully saturated rings. The van der Waals surface area contributed by atoms with Gasteiger partial charge in [0.25, 0.3) is 0 Å². The summed E-state index contributed by atoms with van der Waals surface area (Å²) < 4.78 is 0. The van der Waals surface area contributed by atoms with E-state index in [-0.39, 0.29) is 0 Å². The predicted molar refractivity (Wildman–Crippen MR) is 79.4 cm³/mol. The summed E-state index contributed by atoms with van der Waals surface area (Å²) in [4.78, 5) is 2.53. The van der Waals surface area contributed by atoms with Gasteiger partial charge in [-0.05, 0) is 28.8 Å². The zero-order chi connectivity index (χ0) is 13.2. The van der Waals surface area contributed by atoms with Crippen LogP contribution in [0.15, 0.2) is 16.8 Å². The second-order valence-electron chi connectivity index (χ2n) is 5.47. The highest BCUT2D eigenvalue weighted by Gasteiger charge is 2.23. The molecule has 0 aliphatic carbocycles. The number of hydrogen-bond acceptors (Lipinski definition) is 3. The van der Waals surface area contributed by atoms with E-state index in [0.29, 0.717) is 5.92 Å². The number of aromatic amines is 1. The molecule has 0 radical (unpaired) electrons. The fraction of sp³-hybridized carbons (Fsp3) is 0.533. The van der Waals surface area contributed by atoms with Crippen LogP contribution >= 0.6 is 11.3 Å².